The van der Waals surface area contributed by atoms with Crippen LogP contribution in [-0.4, -0.2) is 30.1 Å². The predicted molar refractivity (Wildman–Crippen MR) is 64.9 cm³/mol. The fourth-order valence-electron chi connectivity index (χ4n) is 1.77. The van der Waals surface area contributed by atoms with E-state index in [1.165, 1.54) is 13.2 Å². The molecule has 0 aliphatic carbocycles. The number of nitrogens with zero attached hydrogens (tertiary/aromatic N) is 1. The number of rotatable bonds is 3. The van der Waals surface area contributed by atoms with Gasteiger partial charge >= 0.3 is 6.09 Å². The molecule has 6 nitrogen and oxygen atoms in total. The quantitative estimate of drug-likeness (QED) is 0.854. The molecule has 96 valence electrons. The second kappa shape index (κ2) is 4.95. The van der Waals surface area contributed by atoms with Crippen LogP contribution in [0.1, 0.15) is 18.9 Å². The normalized spacial score (nSPS) is 18.7. The molecule has 0 radical (unpaired) electrons. The summed E-state index contributed by atoms with van der Waals surface area (Å²) in [5, 5.41) is 13.7. The van der Waals surface area contributed by atoms with Crippen LogP contribution in [0.5, 0.6) is 11.5 Å². The Kier molecular flexibility index (Phi) is 3.36. The molecule has 2 rings (SSSR count). The first-order chi connectivity index (χ1) is 8.65. The lowest BCUT2D eigenvalue weighted by Gasteiger charge is -2.22. The van der Waals surface area contributed by atoms with Crippen molar-refractivity contribution in [3.8, 4) is 11.5 Å². The summed E-state index contributed by atoms with van der Waals surface area (Å²) in [6.45, 7) is 1.89. The maximum absolute atomic E-state index is 11.1. The molecule has 1 aliphatic rings. The van der Waals surface area contributed by atoms with E-state index in [1.54, 1.807) is 12.1 Å². The fraction of sp³-hybridized carbons (Fsp3) is 0.333. The first kappa shape index (κ1) is 12.2. The molecule has 2 N–H and O–H groups in total. The highest BCUT2D eigenvalue weighted by Crippen LogP contribution is 2.27. The third kappa shape index (κ3) is 2.22. The van der Waals surface area contributed by atoms with Crippen LogP contribution >= 0.6 is 0 Å². The number of hydrazone groups is 1. The summed E-state index contributed by atoms with van der Waals surface area (Å²) in [4.78, 5) is 11.1. The van der Waals surface area contributed by atoms with Gasteiger partial charge in [0.1, 0.15) is 11.8 Å². The van der Waals surface area contributed by atoms with Gasteiger partial charge in [-0.1, -0.05) is 6.92 Å². The summed E-state index contributed by atoms with van der Waals surface area (Å²) in [7, 11) is 1.48. The highest BCUT2D eigenvalue weighted by Gasteiger charge is 2.25. The first-order valence-corrected chi connectivity index (χ1v) is 5.57. The Labute approximate surface area is 104 Å². The molecule has 1 aromatic rings. The molecule has 0 saturated carbocycles. The minimum absolute atomic E-state index is 0.0180. The Morgan fingerprint density at radius 3 is 2.94 bits per heavy atom. The van der Waals surface area contributed by atoms with Crippen LogP contribution in [0.25, 0.3) is 0 Å². The van der Waals surface area contributed by atoms with Crippen molar-refractivity contribution < 1.29 is 19.4 Å². The van der Waals surface area contributed by atoms with E-state index >= 15 is 0 Å². The number of phenols is 1. The van der Waals surface area contributed by atoms with E-state index in [-0.39, 0.29) is 5.75 Å². The van der Waals surface area contributed by atoms with Gasteiger partial charge in [0, 0.05) is 5.56 Å². The van der Waals surface area contributed by atoms with Gasteiger partial charge in [0.05, 0.1) is 7.11 Å². The molecule has 18 heavy (non-hydrogen) atoms. The van der Waals surface area contributed by atoms with E-state index in [2.05, 4.69) is 10.5 Å². The van der Waals surface area contributed by atoms with Crippen LogP contribution in [0.15, 0.2) is 23.3 Å². The molecule has 1 aliphatic heterocycles. The molecule has 1 unspecified atom stereocenters. The van der Waals surface area contributed by atoms with Crippen LogP contribution in [0.2, 0.25) is 0 Å². The Bertz CT molecular complexity index is 499. The van der Waals surface area contributed by atoms with Crippen LogP contribution in [0.4, 0.5) is 4.79 Å². The molecule has 0 saturated heterocycles. The van der Waals surface area contributed by atoms with Crippen molar-refractivity contribution in [3.05, 3.63) is 23.8 Å². The number of phenolic OH excluding ortho intramolecular Hbond substituents is 1. The van der Waals surface area contributed by atoms with E-state index in [0.29, 0.717) is 23.4 Å². The summed E-state index contributed by atoms with van der Waals surface area (Å²) in [5.41, 5.74) is 3.52. The summed E-state index contributed by atoms with van der Waals surface area (Å²) in [6.07, 6.45) is -0.367. The maximum atomic E-state index is 11.1. The SMILES string of the molecule is CCC1OC(=O)NN=C1c1ccc(OC)c(O)c1. The number of benzene rings is 1. The van der Waals surface area contributed by atoms with E-state index in [9.17, 15) is 9.90 Å². The molecule has 1 aromatic carbocycles. The summed E-state index contributed by atoms with van der Waals surface area (Å²) >= 11 is 0. The average molecular weight is 250 g/mol. The lowest BCUT2D eigenvalue weighted by Crippen LogP contribution is -2.38. The number of methoxy groups -OCH3 is 1. The molecule has 1 amide bonds. The van der Waals surface area contributed by atoms with Gasteiger partial charge < -0.3 is 14.6 Å². The van der Waals surface area contributed by atoms with Gasteiger partial charge in [0.25, 0.3) is 0 Å². The Morgan fingerprint density at radius 1 is 1.56 bits per heavy atom. The average Bonchev–Trinajstić information content (AvgIpc) is 2.38. The van der Waals surface area contributed by atoms with Gasteiger partial charge in [0.15, 0.2) is 11.5 Å². The smallest absolute Gasteiger partial charge is 0.428 e. The first-order valence-electron chi connectivity index (χ1n) is 5.57. The van der Waals surface area contributed by atoms with Crippen molar-refractivity contribution in [2.75, 3.05) is 7.11 Å². The number of carbonyl (C=O) groups is 1. The number of nitrogens with one attached hydrogen (secondary N) is 1. The number of ether oxygens (including phenoxy) is 2. The zero-order valence-electron chi connectivity index (χ0n) is 10.1. The molecular formula is C12H14N2O4. The Hall–Kier alpha value is -2.24. The van der Waals surface area contributed by atoms with Crippen LogP contribution < -0.4 is 10.2 Å². The molecule has 0 aromatic heterocycles. The minimum atomic E-state index is -0.566. The number of aromatic hydroxyl groups is 1. The summed E-state index contributed by atoms with van der Waals surface area (Å²) < 4.78 is 10.1. The van der Waals surface area contributed by atoms with Crippen molar-refractivity contribution in [1.29, 1.82) is 0 Å². The third-order valence-corrected chi connectivity index (χ3v) is 2.67. The van der Waals surface area contributed by atoms with Crippen LogP contribution in [0, 0.1) is 0 Å². The zero-order chi connectivity index (χ0) is 13.1. The van der Waals surface area contributed by atoms with E-state index in [0.717, 1.165) is 0 Å². The molecular weight excluding hydrogens is 236 g/mol. The van der Waals surface area contributed by atoms with Gasteiger partial charge in [-0.05, 0) is 24.6 Å². The molecule has 0 fully saturated rings. The minimum Gasteiger partial charge on any atom is -0.504 e. The largest absolute Gasteiger partial charge is 0.504 e. The number of hydrogen-bond acceptors (Lipinski definition) is 5. The Balaban J connectivity index is 2.35. The van der Waals surface area contributed by atoms with Gasteiger partial charge in [0.2, 0.25) is 0 Å². The van der Waals surface area contributed by atoms with Crippen LogP contribution in [0.3, 0.4) is 0 Å². The number of hydrogen-bond donors (Lipinski definition) is 2. The Morgan fingerprint density at radius 2 is 2.33 bits per heavy atom. The van der Waals surface area contributed by atoms with E-state index in [4.69, 9.17) is 9.47 Å². The summed E-state index contributed by atoms with van der Waals surface area (Å²) in [5.74, 6) is 0.401. The van der Waals surface area contributed by atoms with Crippen molar-refractivity contribution >= 4 is 11.8 Å². The topological polar surface area (TPSA) is 80.2 Å². The lowest BCUT2D eigenvalue weighted by atomic mass is 10.0. The molecule has 0 spiro atoms. The highest BCUT2D eigenvalue weighted by molar-refractivity contribution is 6.06. The van der Waals surface area contributed by atoms with Gasteiger partial charge in [-0.3, -0.25) is 0 Å². The monoisotopic (exact) mass is 250 g/mol. The van der Waals surface area contributed by atoms with Gasteiger partial charge in [-0.2, -0.15) is 5.10 Å². The van der Waals surface area contributed by atoms with Crippen molar-refractivity contribution in [3.63, 3.8) is 0 Å². The number of amides is 1. The van der Waals surface area contributed by atoms with Crippen molar-refractivity contribution in [2.24, 2.45) is 5.10 Å². The lowest BCUT2D eigenvalue weighted by molar-refractivity contribution is 0.119. The predicted octanol–water partition coefficient (Wildman–Crippen LogP) is 1.62. The maximum Gasteiger partial charge on any atom is 0.428 e. The second-order valence-electron chi connectivity index (χ2n) is 3.80. The molecule has 1 atom stereocenters. The van der Waals surface area contributed by atoms with Crippen molar-refractivity contribution in [2.45, 2.75) is 19.4 Å². The van der Waals surface area contributed by atoms with E-state index in [1.807, 2.05) is 6.92 Å². The van der Waals surface area contributed by atoms with E-state index < -0.39 is 12.2 Å². The number of cyclic esters (lactones) is 1. The van der Waals surface area contributed by atoms with Gasteiger partial charge in [-0.25, -0.2) is 10.2 Å². The summed E-state index contributed by atoms with van der Waals surface area (Å²) in [6, 6.07) is 4.92. The molecule has 0 bridgehead atoms. The van der Waals surface area contributed by atoms with Gasteiger partial charge in [-0.15, -0.1) is 0 Å². The highest BCUT2D eigenvalue weighted by atomic mass is 16.6. The van der Waals surface area contributed by atoms with Crippen LogP contribution in [-0.2, 0) is 4.74 Å². The zero-order valence-corrected chi connectivity index (χ0v) is 10.1. The third-order valence-electron chi connectivity index (χ3n) is 2.67. The van der Waals surface area contributed by atoms with Crippen molar-refractivity contribution in [1.82, 2.24) is 5.43 Å². The standard InChI is InChI=1S/C12H14N2O4/c1-3-9-11(13-14-12(16)18-9)7-4-5-10(17-2)8(15)6-7/h4-6,9,15H,3H2,1-2H3,(H,14,16). The fourth-order valence-corrected chi connectivity index (χ4v) is 1.77. The molecule has 1 heterocycles. The number of carbonyl (C=O) groups excluding carboxylic acids is 1. The molecule has 6 heteroatoms. The second-order valence-corrected chi connectivity index (χ2v) is 3.80.